The average Bonchev–Trinajstić information content (AvgIpc) is 3.54. The molecule has 0 bridgehead atoms. The zero-order valence-corrected chi connectivity index (χ0v) is 16.6. The third-order valence-electron chi connectivity index (χ3n) is 5.52. The maximum absolute atomic E-state index is 6.32. The normalized spacial score (nSPS) is 17.8. The Morgan fingerprint density at radius 2 is 1.68 bits per heavy atom. The molecule has 144 valence electrons. The molecule has 28 heavy (non-hydrogen) atoms. The summed E-state index contributed by atoms with van der Waals surface area (Å²) in [5, 5.41) is 5.54. The zero-order chi connectivity index (χ0) is 18.9. The Hall–Kier alpha value is -2.37. The Labute approximate surface area is 170 Å². The summed E-state index contributed by atoms with van der Waals surface area (Å²) in [5.41, 5.74) is 2.20. The second kappa shape index (κ2) is 7.57. The Bertz CT molecular complexity index is 980. The van der Waals surface area contributed by atoms with Crippen LogP contribution in [0, 0.1) is 0 Å². The summed E-state index contributed by atoms with van der Waals surface area (Å²) in [4.78, 5) is 14.5. The van der Waals surface area contributed by atoms with Gasteiger partial charge in [-0.05, 0) is 36.6 Å². The minimum atomic E-state index is 0.568. The number of halogens is 1. The smallest absolute Gasteiger partial charge is 0.227 e. The van der Waals surface area contributed by atoms with Gasteiger partial charge in [-0.2, -0.15) is 4.98 Å². The van der Waals surface area contributed by atoms with Crippen LogP contribution >= 0.6 is 11.6 Å². The number of fused-ring (bicyclic) bond motifs is 1. The number of nitrogens with one attached hydrogen (secondary N) is 1. The van der Waals surface area contributed by atoms with Gasteiger partial charge in [0.05, 0.1) is 5.52 Å². The molecule has 0 unspecified atom stereocenters. The van der Waals surface area contributed by atoms with Crippen molar-refractivity contribution in [1.82, 2.24) is 14.9 Å². The van der Waals surface area contributed by atoms with Crippen molar-refractivity contribution in [2.75, 3.05) is 36.4 Å². The molecule has 1 aromatic heterocycles. The molecular formula is C22H24ClN5. The quantitative estimate of drug-likeness (QED) is 0.704. The highest BCUT2D eigenvalue weighted by atomic mass is 35.5. The summed E-state index contributed by atoms with van der Waals surface area (Å²) < 4.78 is 0. The first kappa shape index (κ1) is 17.7. The largest absolute Gasteiger partial charge is 0.367 e. The van der Waals surface area contributed by atoms with E-state index < -0.39 is 0 Å². The van der Waals surface area contributed by atoms with Gasteiger partial charge >= 0.3 is 0 Å². The van der Waals surface area contributed by atoms with E-state index >= 15 is 0 Å². The van der Waals surface area contributed by atoms with Crippen LogP contribution in [0.4, 0.5) is 11.8 Å². The van der Waals surface area contributed by atoms with Crippen molar-refractivity contribution in [3.8, 4) is 0 Å². The molecule has 1 aliphatic carbocycles. The number of benzene rings is 2. The predicted molar refractivity (Wildman–Crippen MR) is 115 cm³/mol. The second-order valence-electron chi connectivity index (χ2n) is 7.66. The van der Waals surface area contributed by atoms with Gasteiger partial charge < -0.3 is 10.2 Å². The maximum Gasteiger partial charge on any atom is 0.227 e. The number of nitrogens with zero attached hydrogens (tertiary/aromatic N) is 4. The van der Waals surface area contributed by atoms with Gasteiger partial charge in [-0.3, -0.25) is 4.90 Å². The van der Waals surface area contributed by atoms with Crippen LogP contribution in [-0.2, 0) is 6.54 Å². The third kappa shape index (κ3) is 3.77. The SMILES string of the molecule is Clc1ccccc1CN1CCN(c2nc(NC3CC3)c3ccccc3n2)CC1. The lowest BCUT2D eigenvalue weighted by atomic mass is 10.2. The Balaban J connectivity index is 1.32. The molecule has 2 fully saturated rings. The van der Waals surface area contributed by atoms with E-state index in [1.165, 1.54) is 18.4 Å². The molecule has 1 aliphatic heterocycles. The Morgan fingerprint density at radius 3 is 2.46 bits per heavy atom. The highest BCUT2D eigenvalue weighted by molar-refractivity contribution is 6.31. The van der Waals surface area contributed by atoms with E-state index in [9.17, 15) is 0 Å². The van der Waals surface area contributed by atoms with Crippen molar-refractivity contribution < 1.29 is 0 Å². The van der Waals surface area contributed by atoms with Gasteiger partial charge in [0.1, 0.15) is 5.82 Å². The minimum Gasteiger partial charge on any atom is -0.367 e. The first-order valence-electron chi connectivity index (χ1n) is 10.0. The number of para-hydroxylation sites is 1. The van der Waals surface area contributed by atoms with Crippen molar-refractivity contribution >= 4 is 34.3 Å². The fourth-order valence-corrected chi connectivity index (χ4v) is 3.91. The molecule has 0 amide bonds. The molecule has 5 rings (SSSR count). The zero-order valence-electron chi connectivity index (χ0n) is 15.8. The van der Waals surface area contributed by atoms with Crippen LogP contribution in [0.3, 0.4) is 0 Å². The first-order chi connectivity index (χ1) is 13.8. The Kier molecular flexibility index (Phi) is 4.79. The molecule has 6 heteroatoms. The van der Waals surface area contributed by atoms with E-state index in [0.717, 1.165) is 60.4 Å². The van der Waals surface area contributed by atoms with Crippen molar-refractivity contribution in [2.24, 2.45) is 0 Å². The van der Waals surface area contributed by atoms with Gasteiger partial charge in [-0.15, -0.1) is 0 Å². The van der Waals surface area contributed by atoms with E-state index in [2.05, 4.69) is 45.4 Å². The van der Waals surface area contributed by atoms with Crippen molar-refractivity contribution in [3.63, 3.8) is 0 Å². The number of hydrogen-bond acceptors (Lipinski definition) is 5. The topological polar surface area (TPSA) is 44.3 Å². The number of rotatable bonds is 5. The van der Waals surface area contributed by atoms with Crippen LogP contribution in [0.1, 0.15) is 18.4 Å². The van der Waals surface area contributed by atoms with Gasteiger partial charge in [-0.25, -0.2) is 4.98 Å². The van der Waals surface area contributed by atoms with E-state index in [1.54, 1.807) is 0 Å². The number of aromatic nitrogens is 2. The number of piperazine rings is 1. The molecule has 1 N–H and O–H groups in total. The summed E-state index contributed by atoms with van der Waals surface area (Å²) in [6, 6.07) is 16.9. The van der Waals surface area contributed by atoms with Crippen LogP contribution in [0.15, 0.2) is 48.5 Å². The Morgan fingerprint density at radius 1 is 0.929 bits per heavy atom. The van der Waals surface area contributed by atoms with Crippen LogP contribution < -0.4 is 10.2 Å². The van der Waals surface area contributed by atoms with Crippen molar-refractivity contribution in [1.29, 1.82) is 0 Å². The van der Waals surface area contributed by atoms with Crippen molar-refractivity contribution in [3.05, 3.63) is 59.1 Å². The van der Waals surface area contributed by atoms with Crippen LogP contribution in [0.25, 0.3) is 10.9 Å². The summed E-state index contributed by atoms with van der Waals surface area (Å²) in [6.07, 6.45) is 2.46. The van der Waals surface area contributed by atoms with Gasteiger partial charge in [0.15, 0.2) is 0 Å². The molecule has 2 heterocycles. The fraction of sp³-hybridized carbons (Fsp3) is 0.364. The summed E-state index contributed by atoms with van der Waals surface area (Å²) >= 11 is 6.32. The number of hydrogen-bond donors (Lipinski definition) is 1. The third-order valence-corrected chi connectivity index (χ3v) is 5.89. The van der Waals surface area contributed by atoms with Crippen molar-refractivity contribution in [2.45, 2.75) is 25.4 Å². The molecule has 1 saturated carbocycles. The molecule has 2 aliphatic rings. The van der Waals surface area contributed by atoms with E-state index in [4.69, 9.17) is 21.6 Å². The lowest BCUT2D eigenvalue weighted by Gasteiger charge is -2.35. The molecule has 3 aromatic rings. The van der Waals surface area contributed by atoms with E-state index in [1.807, 2.05) is 18.2 Å². The molecule has 5 nitrogen and oxygen atoms in total. The molecule has 0 radical (unpaired) electrons. The fourth-order valence-electron chi connectivity index (χ4n) is 3.71. The average molecular weight is 394 g/mol. The monoisotopic (exact) mass is 393 g/mol. The molecule has 0 spiro atoms. The molecule has 1 saturated heterocycles. The van der Waals surface area contributed by atoms with Gasteiger partial charge in [0.25, 0.3) is 0 Å². The lowest BCUT2D eigenvalue weighted by Crippen LogP contribution is -2.46. The van der Waals surface area contributed by atoms with Crippen LogP contribution in [-0.4, -0.2) is 47.1 Å². The van der Waals surface area contributed by atoms with E-state index in [0.29, 0.717) is 6.04 Å². The first-order valence-corrected chi connectivity index (χ1v) is 10.4. The molecule has 2 aromatic carbocycles. The highest BCUT2D eigenvalue weighted by Crippen LogP contribution is 2.29. The van der Waals surface area contributed by atoms with E-state index in [-0.39, 0.29) is 0 Å². The maximum atomic E-state index is 6.32. The highest BCUT2D eigenvalue weighted by Gasteiger charge is 2.24. The second-order valence-corrected chi connectivity index (χ2v) is 8.07. The van der Waals surface area contributed by atoms with Crippen LogP contribution in [0.5, 0.6) is 0 Å². The minimum absolute atomic E-state index is 0.568. The lowest BCUT2D eigenvalue weighted by molar-refractivity contribution is 0.249. The van der Waals surface area contributed by atoms with Gasteiger partial charge in [0.2, 0.25) is 5.95 Å². The number of anilines is 2. The standard InChI is InChI=1S/C22H24ClN5/c23-19-7-3-1-5-16(19)15-27-11-13-28(14-12-27)22-25-20-8-4-2-6-18(20)21(26-22)24-17-9-10-17/h1-8,17H,9-15H2,(H,24,25,26). The summed E-state index contributed by atoms with van der Waals surface area (Å²) in [6.45, 7) is 4.69. The summed E-state index contributed by atoms with van der Waals surface area (Å²) in [7, 11) is 0. The van der Waals surface area contributed by atoms with Crippen LogP contribution in [0.2, 0.25) is 5.02 Å². The molecule has 0 atom stereocenters. The predicted octanol–water partition coefficient (Wildman–Crippen LogP) is 4.18. The molecular weight excluding hydrogens is 370 g/mol. The van der Waals surface area contributed by atoms with Gasteiger partial charge in [-0.1, -0.05) is 41.9 Å². The van der Waals surface area contributed by atoms with Gasteiger partial charge in [0, 0.05) is 49.2 Å². The summed E-state index contributed by atoms with van der Waals surface area (Å²) in [5.74, 6) is 1.81.